The van der Waals surface area contributed by atoms with Gasteiger partial charge in [0, 0.05) is 0 Å². The smallest absolute Gasteiger partial charge is 0.294 e. The van der Waals surface area contributed by atoms with Crippen LogP contribution in [0.2, 0.25) is 5.02 Å². The van der Waals surface area contributed by atoms with Gasteiger partial charge in [0.15, 0.2) is 11.5 Å². The van der Waals surface area contributed by atoms with Crippen LogP contribution < -0.4 is 0 Å². The molecule has 0 saturated heterocycles. The standard InChI is InChI=1S/C12H8ClF3N2O/c1-7(19)8-6-17-18(11(8)12(14,15)16)10-5-3-2-4-9(10)13/h2-6H,1H3. The highest BCUT2D eigenvalue weighted by atomic mass is 35.5. The number of aromatic nitrogens is 2. The van der Waals surface area contributed by atoms with Crippen molar-refractivity contribution < 1.29 is 18.0 Å². The first-order chi connectivity index (χ1) is 8.82. The number of ketones is 1. The fourth-order valence-corrected chi connectivity index (χ4v) is 1.90. The molecule has 1 heterocycles. The van der Waals surface area contributed by atoms with Crippen molar-refractivity contribution in [3.63, 3.8) is 0 Å². The van der Waals surface area contributed by atoms with Gasteiger partial charge in [0.2, 0.25) is 0 Å². The number of hydrogen-bond acceptors (Lipinski definition) is 2. The second-order valence-electron chi connectivity index (χ2n) is 3.82. The molecule has 3 nitrogen and oxygen atoms in total. The molecule has 0 amide bonds. The number of benzene rings is 1. The summed E-state index contributed by atoms with van der Waals surface area (Å²) in [5.41, 5.74) is -1.52. The summed E-state index contributed by atoms with van der Waals surface area (Å²) in [6.07, 6.45) is -3.80. The summed E-state index contributed by atoms with van der Waals surface area (Å²) in [6, 6.07) is 5.98. The maximum Gasteiger partial charge on any atom is 0.434 e. The van der Waals surface area contributed by atoms with Crippen LogP contribution in [0.1, 0.15) is 23.0 Å². The van der Waals surface area contributed by atoms with Gasteiger partial charge in [0.05, 0.1) is 22.5 Å². The molecule has 1 aromatic heterocycles. The van der Waals surface area contributed by atoms with E-state index >= 15 is 0 Å². The van der Waals surface area contributed by atoms with E-state index in [9.17, 15) is 18.0 Å². The molecule has 0 unspecified atom stereocenters. The normalized spacial score (nSPS) is 11.6. The molecule has 7 heteroatoms. The second-order valence-corrected chi connectivity index (χ2v) is 4.23. The Balaban J connectivity index is 2.73. The molecule has 0 aliphatic rings. The van der Waals surface area contributed by atoms with E-state index in [-0.39, 0.29) is 10.7 Å². The van der Waals surface area contributed by atoms with Crippen LogP contribution in [-0.2, 0) is 6.18 Å². The van der Waals surface area contributed by atoms with Crippen molar-refractivity contribution in [2.45, 2.75) is 13.1 Å². The van der Waals surface area contributed by atoms with Gasteiger partial charge in [-0.1, -0.05) is 23.7 Å². The first-order valence-corrected chi connectivity index (χ1v) is 5.61. The van der Waals surface area contributed by atoms with Crippen LogP contribution in [0.15, 0.2) is 30.5 Å². The van der Waals surface area contributed by atoms with Crippen LogP contribution in [0.5, 0.6) is 0 Å². The highest BCUT2D eigenvalue weighted by Crippen LogP contribution is 2.35. The van der Waals surface area contributed by atoms with Crippen molar-refractivity contribution in [3.8, 4) is 5.69 Å². The summed E-state index contributed by atoms with van der Waals surface area (Å²) in [7, 11) is 0. The Morgan fingerprint density at radius 3 is 2.47 bits per heavy atom. The zero-order valence-corrected chi connectivity index (χ0v) is 10.5. The molecule has 0 spiro atoms. The minimum absolute atomic E-state index is 0.0731. The van der Waals surface area contributed by atoms with Gasteiger partial charge in [0.1, 0.15) is 0 Å². The van der Waals surface area contributed by atoms with Crippen LogP contribution in [-0.4, -0.2) is 15.6 Å². The lowest BCUT2D eigenvalue weighted by Gasteiger charge is -2.12. The molecule has 0 bridgehead atoms. The Morgan fingerprint density at radius 1 is 1.32 bits per heavy atom. The van der Waals surface area contributed by atoms with Crippen LogP contribution in [0.25, 0.3) is 5.69 Å². The SMILES string of the molecule is CC(=O)c1cnn(-c2ccccc2Cl)c1C(F)(F)F. The van der Waals surface area contributed by atoms with Gasteiger partial charge in [-0.2, -0.15) is 18.3 Å². The van der Waals surface area contributed by atoms with Gasteiger partial charge < -0.3 is 0 Å². The predicted octanol–water partition coefficient (Wildman–Crippen LogP) is 3.75. The number of rotatable bonds is 2. The summed E-state index contributed by atoms with van der Waals surface area (Å²) in [5, 5.41) is 3.74. The summed E-state index contributed by atoms with van der Waals surface area (Å²) < 4.78 is 39.8. The number of alkyl halides is 3. The largest absolute Gasteiger partial charge is 0.434 e. The summed E-state index contributed by atoms with van der Waals surface area (Å²) in [5.74, 6) is -0.703. The molecule has 0 aliphatic heterocycles. The maximum absolute atomic E-state index is 13.1. The van der Waals surface area contributed by atoms with Crippen molar-refractivity contribution in [3.05, 3.63) is 46.7 Å². The van der Waals surface area contributed by atoms with E-state index in [1.807, 2.05) is 0 Å². The molecule has 0 atom stereocenters. The third-order valence-corrected chi connectivity index (χ3v) is 2.82. The van der Waals surface area contributed by atoms with E-state index in [0.717, 1.165) is 13.1 Å². The molecular weight excluding hydrogens is 281 g/mol. The van der Waals surface area contributed by atoms with Crippen molar-refractivity contribution >= 4 is 17.4 Å². The van der Waals surface area contributed by atoms with E-state index in [4.69, 9.17) is 11.6 Å². The number of Topliss-reactive ketones (excluding diaryl/α,β-unsaturated/α-hetero) is 1. The Kier molecular flexibility index (Phi) is 3.36. The molecule has 2 rings (SSSR count). The number of hydrogen-bond donors (Lipinski definition) is 0. The average Bonchev–Trinajstić information content (AvgIpc) is 2.73. The third-order valence-electron chi connectivity index (χ3n) is 2.50. The minimum atomic E-state index is -4.70. The number of halogens is 4. The summed E-state index contributed by atoms with van der Waals surface area (Å²) in [6.45, 7) is 1.06. The van der Waals surface area contributed by atoms with Crippen molar-refractivity contribution in [2.24, 2.45) is 0 Å². The van der Waals surface area contributed by atoms with E-state index in [1.165, 1.54) is 18.2 Å². The van der Waals surface area contributed by atoms with Crippen molar-refractivity contribution in [1.82, 2.24) is 9.78 Å². The number of carbonyl (C=O) groups is 1. The Labute approximate surface area is 111 Å². The summed E-state index contributed by atoms with van der Waals surface area (Å²) >= 11 is 5.86. The van der Waals surface area contributed by atoms with Crippen molar-refractivity contribution in [1.29, 1.82) is 0 Å². The maximum atomic E-state index is 13.1. The molecule has 0 saturated carbocycles. The summed E-state index contributed by atoms with van der Waals surface area (Å²) in [4.78, 5) is 11.3. The third kappa shape index (κ3) is 2.49. The van der Waals surface area contributed by atoms with E-state index in [2.05, 4.69) is 5.10 Å². The monoisotopic (exact) mass is 288 g/mol. The quantitative estimate of drug-likeness (QED) is 0.789. The van der Waals surface area contributed by atoms with Gasteiger partial charge in [-0.15, -0.1) is 0 Å². The van der Waals surface area contributed by atoms with Gasteiger partial charge in [-0.3, -0.25) is 4.79 Å². The molecule has 0 aliphatic carbocycles. The predicted molar refractivity (Wildman–Crippen MR) is 63.6 cm³/mol. The molecule has 100 valence electrons. The highest BCUT2D eigenvalue weighted by molar-refractivity contribution is 6.32. The molecule has 19 heavy (non-hydrogen) atoms. The van der Waals surface area contributed by atoms with E-state index in [1.54, 1.807) is 6.07 Å². The molecular formula is C12H8ClF3N2O. The van der Waals surface area contributed by atoms with Gasteiger partial charge in [0.25, 0.3) is 0 Å². The van der Waals surface area contributed by atoms with Crippen LogP contribution in [0.4, 0.5) is 13.2 Å². The fourth-order valence-electron chi connectivity index (χ4n) is 1.69. The molecule has 1 aromatic carbocycles. The van der Waals surface area contributed by atoms with E-state index < -0.39 is 23.2 Å². The Hall–Kier alpha value is -1.82. The average molecular weight is 289 g/mol. The van der Waals surface area contributed by atoms with Crippen LogP contribution >= 0.6 is 11.6 Å². The number of carbonyl (C=O) groups excluding carboxylic acids is 1. The lowest BCUT2D eigenvalue weighted by atomic mass is 10.1. The Bertz CT molecular complexity index is 634. The lowest BCUT2D eigenvalue weighted by molar-refractivity contribution is -0.143. The molecule has 2 aromatic rings. The second kappa shape index (κ2) is 4.70. The lowest BCUT2D eigenvalue weighted by Crippen LogP contribution is -2.17. The van der Waals surface area contributed by atoms with Gasteiger partial charge in [-0.25, -0.2) is 4.68 Å². The van der Waals surface area contributed by atoms with Gasteiger partial charge >= 0.3 is 6.18 Å². The van der Waals surface area contributed by atoms with Gasteiger partial charge in [-0.05, 0) is 19.1 Å². The van der Waals surface area contributed by atoms with E-state index in [0.29, 0.717) is 4.68 Å². The highest BCUT2D eigenvalue weighted by Gasteiger charge is 2.40. The zero-order valence-electron chi connectivity index (χ0n) is 9.70. The van der Waals surface area contributed by atoms with Crippen LogP contribution in [0, 0.1) is 0 Å². The fraction of sp³-hybridized carbons (Fsp3) is 0.167. The Morgan fingerprint density at radius 2 is 1.95 bits per heavy atom. The topological polar surface area (TPSA) is 34.9 Å². The minimum Gasteiger partial charge on any atom is -0.294 e. The number of nitrogens with zero attached hydrogens (tertiary/aromatic N) is 2. The molecule has 0 fully saturated rings. The first kappa shape index (κ1) is 13.6. The van der Waals surface area contributed by atoms with Crippen molar-refractivity contribution in [2.75, 3.05) is 0 Å². The molecule has 0 radical (unpaired) electrons. The molecule has 0 N–H and O–H groups in total. The zero-order chi connectivity index (χ0) is 14.2. The number of para-hydroxylation sites is 1. The first-order valence-electron chi connectivity index (χ1n) is 5.23. The van der Waals surface area contributed by atoms with Crippen LogP contribution in [0.3, 0.4) is 0 Å².